The van der Waals surface area contributed by atoms with Crippen molar-refractivity contribution >= 4 is 6.98 Å². The fourth-order valence-corrected chi connectivity index (χ4v) is 1.44. The number of hydrogen-bond acceptors (Lipinski definition) is 1. The summed E-state index contributed by atoms with van der Waals surface area (Å²) in [6.07, 6.45) is 2.77. The van der Waals surface area contributed by atoms with E-state index >= 15 is 0 Å². The molecular formula is C9H10BF3KN. The van der Waals surface area contributed by atoms with Gasteiger partial charge in [0.15, 0.2) is 0 Å². The Morgan fingerprint density at radius 1 is 1.27 bits per heavy atom. The Kier molecular flexibility index (Phi) is 4.86. The van der Waals surface area contributed by atoms with Gasteiger partial charge in [-0.2, -0.15) is 0 Å². The number of aromatic nitrogens is 1. The minimum absolute atomic E-state index is 0. The van der Waals surface area contributed by atoms with Crippen molar-refractivity contribution in [1.82, 2.24) is 4.98 Å². The Balaban J connectivity index is 0.00000112. The molecular weight excluding hydrogens is 229 g/mol. The summed E-state index contributed by atoms with van der Waals surface area (Å²) in [6.45, 7) is -4.74. The van der Waals surface area contributed by atoms with E-state index in [0.29, 0.717) is 5.92 Å². The van der Waals surface area contributed by atoms with Crippen molar-refractivity contribution in [2.45, 2.75) is 25.1 Å². The van der Waals surface area contributed by atoms with Gasteiger partial charge in [0.2, 0.25) is 0 Å². The SMILES string of the molecule is F[B-](F)(F)Cc1ccc(C2CC2)nc1.[K+]. The van der Waals surface area contributed by atoms with Gasteiger partial charge in [-0.25, -0.2) is 0 Å². The van der Waals surface area contributed by atoms with Gasteiger partial charge in [-0.05, 0) is 18.9 Å². The Labute approximate surface area is 129 Å². The number of hydrogen-bond donors (Lipinski definition) is 0. The maximum absolute atomic E-state index is 12.0. The number of nitrogens with zero attached hydrogens (tertiary/aromatic N) is 1. The summed E-state index contributed by atoms with van der Waals surface area (Å²) in [4.78, 5) is 4.03. The van der Waals surface area contributed by atoms with Gasteiger partial charge in [0.1, 0.15) is 0 Å². The van der Waals surface area contributed by atoms with Crippen LogP contribution in [0.4, 0.5) is 12.9 Å². The van der Waals surface area contributed by atoms with Crippen LogP contribution in [0.2, 0.25) is 0 Å². The van der Waals surface area contributed by atoms with Crippen molar-refractivity contribution in [2.24, 2.45) is 0 Å². The number of pyridine rings is 1. The molecule has 1 fully saturated rings. The summed E-state index contributed by atoms with van der Waals surface area (Å²) < 4.78 is 36.1. The van der Waals surface area contributed by atoms with Gasteiger partial charge in [0, 0.05) is 17.8 Å². The van der Waals surface area contributed by atoms with Crippen LogP contribution < -0.4 is 51.4 Å². The molecule has 1 heterocycles. The van der Waals surface area contributed by atoms with Crippen molar-refractivity contribution in [3.8, 4) is 0 Å². The van der Waals surface area contributed by atoms with E-state index in [1.165, 1.54) is 12.3 Å². The Morgan fingerprint density at radius 2 is 1.93 bits per heavy atom. The van der Waals surface area contributed by atoms with Gasteiger partial charge < -0.3 is 12.9 Å². The first-order valence-electron chi connectivity index (χ1n) is 4.70. The van der Waals surface area contributed by atoms with Gasteiger partial charge in [0.25, 0.3) is 0 Å². The summed E-state index contributed by atoms with van der Waals surface area (Å²) in [5.41, 5.74) is 1.20. The molecule has 0 N–H and O–H groups in total. The van der Waals surface area contributed by atoms with Crippen molar-refractivity contribution < 1.29 is 64.3 Å². The summed E-state index contributed by atoms with van der Waals surface area (Å²) >= 11 is 0. The molecule has 1 aromatic rings. The quantitative estimate of drug-likeness (QED) is 0.671. The first-order chi connectivity index (χ1) is 6.54. The summed E-state index contributed by atoms with van der Waals surface area (Å²) in [7, 11) is 0. The Morgan fingerprint density at radius 3 is 2.33 bits per heavy atom. The summed E-state index contributed by atoms with van der Waals surface area (Å²) in [6, 6.07) is 3.25. The van der Waals surface area contributed by atoms with E-state index < -0.39 is 13.3 Å². The Hall–Kier alpha value is 0.641. The molecule has 2 rings (SSSR count). The summed E-state index contributed by atoms with van der Waals surface area (Å²) in [5.74, 6) is 0.500. The molecule has 0 spiro atoms. The molecule has 0 unspecified atom stereocenters. The molecule has 0 aliphatic heterocycles. The molecule has 0 saturated heterocycles. The first kappa shape index (κ1) is 13.7. The average Bonchev–Trinajstić information content (AvgIpc) is 2.85. The zero-order chi connectivity index (χ0) is 10.2. The molecule has 0 atom stereocenters. The van der Waals surface area contributed by atoms with E-state index in [1.807, 2.05) is 0 Å². The van der Waals surface area contributed by atoms with E-state index in [4.69, 9.17) is 0 Å². The van der Waals surface area contributed by atoms with Crippen LogP contribution in [0.5, 0.6) is 0 Å². The van der Waals surface area contributed by atoms with Crippen molar-refractivity contribution in [2.75, 3.05) is 0 Å². The molecule has 0 amide bonds. The second-order valence-electron chi connectivity index (χ2n) is 3.78. The second kappa shape index (κ2) is 5.31. The maximum Gasteiger partial charge on any atom is 1.00 e. The van der Waals surface area contributed by atoms with Gasteiger partial charge in [-0.15, -0.1) is 0 Å². The van der Waals surface area contributed by atoms with E-state index in [9.17, 15) is 12.9 Å². The van der Waals surface area contributed by atoms with Crippen LogP contribution in [0.15, 0.2) is 18.3 Å². The van der Waals surface area contributed by atoms with Crippen LogP contribution in [0.1, 0.15) is 30.0 Å². The fourth-order valence-electron chi connectivity index (χ4n) is 1.44. The number of rotatable bonds is 3. The molecule has 1 aliphatic carbocycles. The van der Waals surface area contributed by atoms with E-state index in [2.05, 4.69) is 4.98 Å². The zero-order valence-corrected chi connectivity index (χ0v) is 11.7. The van der Waals surface area contributed by atoms with Gasteiger partial charge in [-0.1, -0.05) is 17.9 Å². The minimum Gasteiger partial charge on any atom is -0.449 e. The number of halogens is 3. The molecule has 15 heavy (non-hydrogen) atoms. The largest absolute Gasteiger partial charge is 1.00 e. The Bertz CT molecular complexity index is 321. The standard InChI is InChI=1S/C9H10BF3N.K/c11-10(12,13)5-7-1-4-9(14-6-7)8-2-3-8;/h1,4,6,8H,2-3,5H2;/q-1;+1. The van der Waals surface area contributed by atoms with Crippen LogP contribution in [0, 0.1) is 0 Å². The molecule has 0 bridgehead atoms. The minimum atomic E-state index is -4.74. The molecule has 1 saturated carbocycles. The predicted octanol–water partition coefficient (Wildman–Crippen LogP) is -0.108. The van der Waals surface area contributed by atoms with Crippen molar-refractivity contribution in [1.29, 1.82) is 0 Å². The molecule has 76 valence electrons. The molecule has 0 radical (unpaired) electrons. The van der Waals surface area contributed by atoms with Gasteiger partial charge in [-0.3, -0.25) is 4.98 Å². The van der Waals surface area contributed by atoms with E-state index in [-0.39, 0.29) is 56.9 Å². The monoisotopic (exact) mass is 239 g/mol. The maximum atomic E-state index is 12.0. The topological polar surface area (TPSA) is 12.9 Å². The zero-order valence-electron chi connectivity index (χ0n) is 8.59. The third-order valence-corrected chi connectivity index (χ3v) is 2.31. The molecule has 1 nitrogen and oxygen atoms in total. The second-order valence-corrected chi connectivity index (χ2v) is 3.78. The normalized spacial score (nSPS) is 15.9. The van der Waals surface area contributed by atoms with Crippen molar-refractivity contribution in [3.05, 3.63) is 29.6 Å². The van der Waals surface area contributed by atoms with Crippen LogP contribution in [0.25, 0.3) is 0 Å². The summed E-state index contributed by atoms with van der Waals surface area (Å²) in [5, 5.41) is 0. The van der Waals surface area contributed by atoms with Gasteiger partial charge in [0.05, 0.1) is 0 Å². The molecule has 1 aromatic heterocycles. The third-order valence-electron chi connectivity index (χ3n) is 2.31. The van der Waals surface area contributed by atoms with Crippen LogP contribution in [-0.2, 0) is 6.32 Å². The molecule has 1 aliphatic rings. The van der Waals surface area contributed by atoms with Crippen LogP contribution in [-0.4, -0.2) is 12.0 Å². The third kappa shape index (κ3) is 4.56. The molecule has 0 aromatic carbocycles. The first-order valence-corrected chi connectivity index (χ1v) is 4.70. The fraction of sp³-hybridized carbons (Fsp3) is 0.444. The van der Waals surface area contributed by atoms with E-state index in [0.717, 1.165) is 18.5 Å². The smallest absolute Gasteiger partial charge is 0.449 e. The van der Waals surface area contributed by atoms with Crippen LogP contribution in [0.3, 0.4) is 0 Å². The van der Waals surface area contributed by atoms with Crippen LogP contribution >= 0.6 is 0 Å². The van der Waals surface area contributed by atoms with Gasteiger partial charge >= 0.3 is 58.4 Å². The predicted molar refractivity (Wildman–Crippen MR) is 49.0 cm³/mol. The molecule has 6 heteroatoms. The van der Waals surface area contributed by atoms with E-state index in [1.54, 1.807) is 6.07 Å². The average molecular weight is 239 g/mol. The van der Waals surface area contributed by atoms with Crippen molar-refractivity contribution in [3.63, 3.8) is 0 Å².